The molecule has 0 amide bonds. The molecule has 0 aliphatic rings. The van der Waals surface area contributed by atoms with Gasteiger partial charge in [-0.3, -0.25) is 4.79 Å². The van der Waals surface area contributed by atoms with E-state index in [9.17, 15) is 9.59 Å². The Balaban J connectivity index is 2.31. The molecule has 0 fully saturated rings. The summed E-state index contributed by atoms with van der Waals surface area (Å²) < 4.78 is 10.3. The number of carbonyl (C=O) groups excluding carboxylic acids is 1. The van der Waals surface area contributed by atoms with Crippen LogP contribution in [-0.2, 0) is 9.53 Å². The Bertz CT molecular complexity index is 680. The summed E-state index contributed by atoms with van der Waals surface area (Å²) in [5.41, 5.74) is 0.671. The highest BCUT2D eigenvalue weighted by atomic mass is 16.5. The van der Waals surface area contributed by atoms with Gasteiger partial charge in [0.1, 0.15) is 11.8 Å². The smallest absolute Gasteiger partial charge is 0.331 e. The summed E-state index contributed by atoms with van der Waals surface area (Å²) in [6.07, 6.45) is 3.78. The summed E-state index contributed by atoms with van der Waals surface area (Å²) in [6, 6.07) is 6.96. The molecular formula is C15H14O4. The second kappa shape index (κ2) is 5.52. The lowest BCUT2D eigenvalue weighted by atomic mass is 10.1. The number of carbonyl (C=O) groups is 1. The van der Waals surface area contributed by atoms with Crippen LogP contribution < -0.4 is 5.43 Å². The zero-order chi connectivity index (χ0) is 13.8. The summed E-state index contributed by atoms with van der Waals surface area (Å²) >= 11 is 0. The van der Waals surface area contributed by atoms with Crippen LogP contribution >= 0.6 is 0 Å². The molecule has 19 heavy (non-hydrogen) atoms. The highest BCUT2D eigenvalue weighted by Gasteiger charge is 2.05. The highest BCUT2D eigenvalue weighted by molar-refractivity contribution is 5.88. The van der Waals surface area contributed by atoms with Gasteiger partial charge in [-0.25, -0.2) is 4.79 Å². The minimum Gasteiger partial charge on any atom is -0.463 e. The molecule has 0 radical (unpaired) electrons. The fraction of sp³-hybridized carbons (Fsp3) is 0.200. The Morgan fingerprint density at radius 1 is 1.32 bits per heavy atom. The third-order valence-corrected chi connectivity index (χ3v) is 2.46. The Labute approximate surface area is 110 Å². The van der Waals surface area contributed by atoms with Crippen LogP contribution in [0.4, 0.5) is 0 Å². The van der Waals surface area contributed by atoms with Gasteiger partial charge in [0.05, 0.1) is 17.1 Å². The van der Waals surface area contributed by atoms with Crippen molar-refractivity contribution in [3.63, 3.8) is 0 Å². The van der Waals surface area contributed by atoms with Gasteiger partial charge in [-0.1, -0.05) is 12.1 Å². The van der Waals surface area contributed by atoms with Crippen molar-refractivity contribution in [2.24, 2.45) is 0 Å². The lowest BCUT2D eigenvalue weighted by Crippen LogP contribution is -2.09. The van der Waals surface area contributed by atoms with E-state index in [2.05, 4.69) is 0 Å². The third-order valence-electron chi connectivity index (χ3n) is 2.46. The van der Waals surface area contributed by atoms with Crippen molar-refractivity contribution >= 4 is 23.0 Å². The lowest BCUT2D eigenvalue weighted by Gasteiger charge is -2.03. The molecule has 4 heteroatoms. The number of esters is 1. The highest BCUT2D eigenvalue weighted by Crippen LogP contribution is 2.11. The van der Waals surface area contributed by atoms with E-state index in [1.54, 1.807) is 38.1 Å². The van der Waals surface area contributed by atoms with Crippen molar-refractivity contribution in [3.8, 4) is 0 Å². The zero-order valence-electron chi connectivity index (χ0n) is 10.8. The van der Waals surface area contributed by atoms with Crippen molar-refractivity contribution in [1.29, 1.82) is 0 Å². The molecule has 2 rings (SSSR count). The van der Waals surface area contributed by atoms with Gasteiger partial charge in [-0.2, -0.15) is 0 Å². The largest absolute Gasteiger partial charge is 0.463 e. The number of para-hydroxylation sites is 1. The maximum absolute atomic E-state index is 12.1. The van der Waals surface area contributed by atoms with Gasteiger partial charge in [0, 0.05) is 6.08 Å². The van der Waals surface area contributed by atoms with Crippen molar-refractivity contribution in [3.05, 3.63) is 52.4 Å². The van der Waals surface area contributed by atoms with Crippen molar-refractivity contribution in [2.75, 3.05) is 0 Å². The van der Waals surface area contributed by atoms with Gasteiger partial charge in [0.2, 0.25) is 0 Å². The van der Waals surface area contributed by atoms with E-state index in [0.29, 0.717) is 16.5 Å². The van der Waals surface area contributed by atoms with Crippen LogP contribution in [0.1, 0.15) is 19.4 Å². The molecule has 4 nitrogen and oxygen atoms in total. The fourth-order valence-corrected chi connectivity index (χ4v) is 1.64. The summed E-state index contributed by atoms with van der Waals surface area (Å²) in [7, 11) is 0. The van der Waals surface area contributed by atoms with Crippen molar-refractivity contribution < 1.29 is 13.9 Å². The molecule has 0 saturated heterocycles. The van der Waals surface area contributed by atoms with E-state index in [0.717, 1.165) is 0 Å². The first-order chi connectivity index (χ1) is 9.08. The molecule has 0 aliphatic heterocycles. The first-order valence-electron chi connectivity index (χ1n) is 5.97. The first-order valence-corrected chi connectivity index (χ1v) is 5.97. The molecule has 0 spiro atoms. The molecule has 2 aromatic rings. The predicted octanol–water partition coefficient (Wildman–Crippen LogP) is 2.76. The third kappa shape index (κ3) is 3.10. The van der Waals surface area contributed by atoms with E-state index in [-0.39, 0.29) is 11.5 Å². The molecule has 0 atom stereocenters. The standard InChI is InChI=1S/C15H14O4/c1-10(2)19-14(16)8-7-11-9-18-13-6-4-3-5-12(13)15(11)17/h3-10H,1-2H3/b8-7+. The average molecular weight is 258 g/mol. The lowest BCUT2D eigenvalue weighted by molar-refractivity contribution is -0.141. The van der Waals surface area contributed by atoms with Crippen LogP contribution in [0.5, 0.6) is 0 Å². The van der Waals surface area contributed by atoms with E-state index in [1.165, 1.54) is 18.4 Å². The molecule has 0 N–H and O–H groups in total. The summed E-state index contributed by atoms with van der Waals surface area (Å²) in [5, 5.41) is 0.488. The molecule has 1 heterocycles. The van der Waals surface area contributed by atoms with Gasteiger partial charge in [0.25, 0.3) is 0 Å². The zero-order valence-corrected chi connectivity index (χ0v) is 10.8. The molecule has 1 aromatic carbocycles. The minimum atomic E-state index is -0.484. The van der Waals surface area contributed by atoms with Gasteiger partial charge in [-0.15, -0.1) is 0 Å². The average Bonchev–Trinajstić information content (AvgIpc) is 2.37. The van der Waals surface area contributed by atoms with Crippen LogP contribution in [0.25, 0.3) is 17.0 Å². The SMILES string of the molecule is CC(C)OC(=O)/C=C/c1coc2ccccc2c1=O. The maximum Gasteiger partial charge on any atom is 0.331 e. The molecule has 0 unspecified atom stereocenters. The van der Waals surface area contributed by atoms with Gasteiger partial charge < -0.3 is 9.15 Å². The number of rotatable bonds is 3. The van der Waals surface area contributed by atoms with Gasteiger partial charge in [0.15, 0.2) is 5.43 Å². The van der Waals surface area contributed by atoms with Crippen LogP contribution in [0.2, 0.25) is 0 Å². The van der Waals surface area contributed by atoms with Gasteiger partial charge in [-0.05, 0) is 32.1 Å². The summed E-state index contributed by atoms with van der Waals surface area (Å²) in [6.45, 7) is 3.52. The Hall–Kier alpha value is -2.36. The summed E-state index contributed by atoms with van der Waals surface area (Å²) in [5.74, 6) is -0.484. The fourth-order valence-electron chi connectivity index (χ4n) is 1.64. The molecular weight excluding hydrogens is 244 g/mol. The molecule has 0 bridgehead atoms. The van der Waals surface area contributed by atoms with E-state index in [4.69, 9.17) is 9.15 Å². The van der Waals surface area contributed by atoms with Gasteiger partial charge >= 0.3 is 5.97 Å². The predicted molar refractivity (Wildman–Crippen MR) is 72.7 cm³/mol. The van der Waals surface area contributed by atoms with Crippen LogP contribution in [0.3, 0.4) is 0 Å². The normalized spacial score (nSPS) is 11.3. The van der Waals surface area contributed by atoms with E-state index >= 15 is 0 Å². The second-order valence-electron chi connectivity index (χ2n) is 4.34. The maximum atomic E-state index is 12.1. The minimum absolute atomic E-state index is 0.171. The number of hydrogen-bond donors (Lipinski definition) is 0. The molecule has 0 aliphatic carbocycles. The van der Waals surface area contributed by atoms with Crippen molar-refractivity contribution in [1.82, 2.24) is 0 Å². The number of fused-ring (bicyclic) bond motifs is 1. The monoisotopic (exact) mass is 258 g/mol. The first kappa shape index (κ1) is 13.1. The quantitative estimate of drug-likeness (QED) is 0.627. The number of hydrogen-bond acceptors (Lipinski definition) is 4. The van der Waals surface area contributed by atoms with E-state index < -0.39 is 5.97 Å². The molecule has 1 aromatic heterocycles. The number of benzene rings is 1. The van der Waals surface area contributed by atoms with Crippen molar-refractivity contribution in [2.45, 2.75) is 20.0 Å². The Kier molecular flexibility index (Phi) is 3.80. The molecule has 0 saturated carbocycles. The summed E-state index contributed by atoms with van der Waals surface area (Å²) in [4.78, 5) is 23.5. The Morgan fingerprint density at radius 3 is 2.79 bits per heavy atom. The molecule has 98 valence electrons. The number of ether oxygens (including phenoxy) is 1. The van der Waals surface area contributed by atoms with E-state index in [1.807, 2.05) is 0 Å². The topological polar surface area (TPSA) is 56.5 Å². The second-order valence-corrected chi connectivity index (χ2v) is 4.34. The van der Waals surface area contributed by atoms with Crippen LogP contribution in [0, 0.1) is 0 Å². The van der Waals surface area contributed by atoms with Crippen LogP contribution in [-0.4, -0.2) is 12.1 Å². The Morgan fingerprint density at radius 2 is 2.05 bits per heavy atom. The van der Waals surface area contributed by atoms with Crippen LogP contribution in [0.15, 0.2) is 45.8 Å².